The molecular formula is C19H25NO4. The number of carbonyl (C=O) groups is 1. The lowest BCUT2D eigenvalue weighted by atomic mass is 9.80. The first kappa shape index (κ1) is 16.8. The Labute approximate surface area is 142 Å². The average molecular weight is 331 g/mol. The summed E-state index contributed by atoms with van der Waals surface area (Å²) in [4.78, 5) is 12.5. The number of hydrogen-bond donors (Lipinski definition) is 2. The summed E-state index contributed by atoms with van der Waals surface area (Å²) in [6.07, 6.45) is 7.49. The van der Waals surface area contributed by atoms with Crippen LogP contribution >= 0.6 is 0 Å². The van der Waals surface area contributed by atoms with Gasteiger partial charge in [0.15, 0.2) is 11.3 Å². The van der Waals surface area contributed by atoms with Gasteiger partial charge in [-0.2, -0.15) is 0 Å². The Hall–Kier alpha value is -2.01. The van der Waals surface area contributed by atoms with Gasteiger partial charge in [-0.1, -0.05) is 44.2 Å². The molecule has 1 aromatic carbocycles. The van der Waals surface area contributed by atoms with Crippen molar-refractivity contribution in [1.82, 2.24) is 5.32 Å². The Morgan fingerprint density at radius 3 is 2.88 bits per heavy atom. The normalized spacial score (nSPS) is 16.9. The molecule has 1 saturated carbocycles. The summed E-state index contributed by atoms with van der Waals surface area (Å²) in [6, 6.07) is 5.49. The Kier molecular flexibility index (Phi) is 5.41. The largest absolute Gasteiger partial charge is 0.493 e. The first-order valence-corrected chi connectivity index (χ1v) is 8.68. The van der Waals surface area contributed by atoms with Gasteiger partial charge in [0.2, 0.25) is 0 Å². The minimum Gasteiger partial charge on any atom is -0.493 e. The number of furan rings is 1. The lowest BCUT2D eigenvalue weighted by Gasteiger charge is -2.29. The van der Waals surface area contributed by atoms with Crippen LogP contribution in [0.1, 0.15) is 42.5 Å². The molecule has 1 atom stereocenters. The van der Waals surface area contributed by atoms with E-state index in [1.54, 1.807) is 13.2 Å². The van der Waals surface area contributed by atoms with E-state index in [1.807, 2.05) is 12.1 Å². The number of aliphatic hydroxyl groups excluding tert-OH is 1. The zero-order chi connectivity index (χ0) is 16.9. The second kappa shape index (κ2) is 7.71. The molecule has 2 aromatic rings. The fraction of sp³-hybridized carbons (Fsp3) is 0.526. The SMILES string of the molecule is COc1cccc2c(C(=O)NCC(CO)C3CCCCC3)coc12. The molecule has 1 aliphatic carbocycles. The third-order valence-corrected chi connectivity index (χ3v) is 5.10. The van der Waals surface area contributed by atoms with Crippen molar-refractivity contribution in [3.05, 3.63) is 30.0 Å². The van der Waals surface area contributed by atoms with Crippen molar-refractivity contribution >= 4 is 16.9 Å². The monoisotopic (exact) mass is 331 g/mol. The van der Waals surface area contributed by atoms with Crippen molar-refractivity contribution in [2.45, 2.75) is 32.1 Å². The Morgan fingerprint density at radius 2 is 2.17 bits per heavy atom. The van der Waals surface area contributed by atoms with Crippen molar-refractivity contribution in [3.8, 4) is 5.75 Å². The highest BCUT2D eigenvalue weighted by atomic mass is 16.5. The van der Waals surface area contributed by atoms with Gasteiger partial charge in [0.1, 0.15) is 6.26 Å². The van der Waals surface area contributed by atoms with E-state index in [-0.39, 0.29) is 18.4 Å². The molecule has 0 aliphatic heterocycles. The summed E-state index contributed by atoms with van der Waals surface area (Å²) in [7, 11) is 1.58. The van der Waals surface area contributed by atoms with Crippen LogP contribution < -0.4 is 10.1 Å². The predicted octanol–water partition coefficient (Wildman–Crippen LogP) is 3.36. The van der Waals surface area contributed by atoms with E-state index in [1.165, 1.54) is 25.5 Å². The molecule has 3 rings (SSSR count). The quantitative estimate of drug-likeness (QED) is 0.851. The molecule has 0 saturated heterocycles. The number of benzene rings is 1. The number of para-hydroxylation sites is 1. The van der Waals surface area contributed by atoms with Crippen LogP contribution in [0.4, 0.5) is 0 Å². The third kappa shape index (κ3) is 3.41. The molecule has 1 aliphatic rings. The molecule has 1 unspecified atom stereocenters. The molecule has 130 valence electrons. The van der Waals surface area contributed by atoms with Gasteiger partial charge in [-0.05, 0) is 12.0 Å². The van der Waals surface area contributed by atoms with Crippen molar-refractivity contribution in [3.63, 3.8) is 0 Å². The lowest BCUT2D eigenvalue weighted by molar-refractivity contribution is 0.0915. The van der Waals surface area contributed by atoms with E-state index in [0.29, 0.717) is 29.4 Å². The second-order valence-corrected chi connectivity index (χ2v) is 6.54. The molecule has 5 heteroatoms. The smallest absolute Gasteiger partial charge is 0.255 e. The lowest BCUT2D eigenvalue weighted by Crippen LogP contribution is -2.35. The number of rotatable bonds is 6. The summed E-state index contributed by atoms with van der Waals surface area (Å²) in [5, 5.41) is 13.4. The van der Waals surface area contributed by atoms with E-state index >= 15 is 0 Å². The van der Waals surface area contributed by atoms with E-state index in [9.17, 15) is 9.90 Å². The topological polar surface area (TPSA) is 71.7 Å². The maximum atomic E-state index is 12.5. The maximum absolute atomic E-state index is 12.5. The first-order chi connectivity index (χ1) is 11.7. The third-order valence-electron chi connectivity index (χ3n) is 5.10. The summed E-state index contributed by atoms with van der Waals surface area (Å²) >= 11 is 0. The van der Waals surface area contributed by atoms with Gasteiger partial charge in [-0.15, -0.1) is 0 Å². The molecule has 24 heavy (non-hydrogen) atoms. The molecule has 1 amide bonds. The van der Waals surface area contributed by atoms with E-state index < -0.39 is 0 Å². The number of aliphatic hydroxyl groups is 1. The minimum atomic E-state index is -0.170. The fourth-order valence-corrected chi connectivity index (χ4v) is 3.67. The van der Waals surface area contributed by atoms with E-state index in [2.05, 4.69) is 5.32 Å². The summed E-state index contributed by atoms with van der Waals surface area (Å²) < 4.78 is 10.8. The van der Waals surface area contributed by atoms with Crippen molar-refractivity contribution in [2.24, 2.45) is 11.8 Å². The van der Waals surface area contributed by atoms with Gasteiger partial charge >= 0.3 is 0 Å². The van der Waals surface area contributed by atoms with Crippen LogP contribution in [0, 0.1) is 11.8 Å². The summed E-state index contributed by atoms with van der Waals surface area (Å²) in [5.41, 5.74) is 1.08. The van der Waals surface area contributed by atoms with Crippen LogP contribution in [0.15, 0.2) is 28.9 Å². The molecule has 2 N–H and O–H groups in total. The number of hydrogen-bond acceptors (Lipinski definition) is 4. The Morgan fingerprint density at radius 1 is 1.38 bits per heavy atom. The van der Waals surface area contributed by atoms with Gasteiger partial charge in [0.05, 0.1) is 12.7 Å². The number of nitrogens with one attached hydrogen (secondary N) is 1. The number of ether oxygens (including phenoxy) is 1. The van der Waals surface area contributed by atoms with Gasteiger partial charge in [0, 0.05) is 24.5 Å². The van der Waals surface area contributed by atoms with Crippen LogP contribution in [-0.2, 0) is 0 Å². The number of methoxy groups -OCH3 is 1. The zero-order valence-electron chi connectivity index (χ0n) is 14.1. The van der Waals surface area contributed by atoms with Crippen molar-refractivity contribution in [1.29, 1.82) is 0 Å². The predicted molar refractivity (Wildman–Crippen MR) is 92.3 cm³/mol. The highest BCUT2D eigenvalue weighted by molar-refractivity contribution is 6.07. The highest BCUT2D eigenvalue weighted by Crippen LogP contribution is 2.31. The van der Waals surface area contributed by atoms with Crippen LogP contribution in [0.2, 0.25) is 0 Å². The zero-order valence-corrected chi connectivity index (χ0v) is 14.1. The number of amides is 1. The van der Waals surface area contributed by atoms with Gasteiger partial charge in [0.25, 0.3) is 5.91 Å². The van der Waals surface area contributed by atoms with Crippen LogP contribution in [0.25, 0.3) is 11.0 Å². The average Bonchev–Trinajstić information content (AvgIpc) is 3.07. The summed E-state index contributed by atoms with van der Waals surface area (Å²) in [6.45, 7) is 0.613. The number of carbonyl (C=O) groups excluding carboxylic acids is 1. The van der Waals surface area contributed by atoms with Gasteiger partial charge in [-0.3, -0.25) is 4.79 Å². The molecular weight excluding hydrogens is 306 g/mol. The Balaban J connectivity index is 1.68. The van der Waals surface area contributed by atoms with Crippen molar-refractivity contribution < 1.29 is 19.1 Å². The van der Waals surface area contributed by atoms with Crippen LogP contribution in [-0.4, -0.2) is 31.3 Å². The standard InChI is InChI=1S/C19H25NO4/c1-23-17-9-5-8-15-16(12-24-18(15)17)19(22)20-10-14(11-21)13-6-3-2-4-7-13/h5,8-9,12-14,21H,2-4,6-7,10-11H2,1H3,(H,20,22). The molecule has 1 heterocycles. The minimum absolute atomic E-state index is 0.116. The molecule has 0 spiro atoms. The van der Waals surface area contributed by atoms with Crippen molar-refractivity contribution in [2.75, 3.05) is 20.3 Å². The van der Waals surface area contributed by atoms with Crippen LogP contribution in [0.5, 0.6) is 5.75 Å². The maximum Gasteiger partial charge on any atom is 0.255 e. The molecule has 1 aromatic heterocycles. The first-order valence-electron chi connectivity index (χ1n) is 8.68. The Bertz CT molecular complexity index is 688. The molecule has 0 radical (unpaired) electrons. The molecule has 1 fully saturated rings. The molecule has 0 bridgehead atoms. The molecule has 5 nitrogen and oxygen atoms in total. The van der Waals surface area contributed by atoms with Crippen LogP contribution in [0.3, 0.4) is 0 Å². The van der Waals surface area contributed by atoms with Gasteiger partial charge < -0.3 is 19.6 Å². The van der Waals surface area contributed by atoms with E-state index in [4.69, 9.17) is 9.15 Å². The van der Waals surface area contributed by atoms with E-state index in [0.717, 1.165) is 18.2 Å². The fourth-order valence-electron chi connectivity index (χ4n) is 3.67. The number of fused-ring (bicyclic) bond motifs is 1. The second-order valence-electron chi connectivity index (χ2n) is 6.54. The highest BCUT2D eigenvalue weighted by Gasteiger charge is 2.24. The summed E-state index contributed by atoms with van der Waals surface area (Å²) in [5.74, 6) is 1.07. The van der Waals surface area contributed by atoms with Gasteiger partial charge in [-0.25, -0.2) is 0 Å².